The summed E-state index contributed by atoms with van der Waals surface area (Å²) >= 11 is 2.44. The van der Waals surface area contributed by atoms with Gasteiger partial charge in [-0.2, -0.15) is 0 Å². The zero-order valence-electron chi connectivity index (χ0n) is 3.15. The minimum absolute atomic E-state index is 2.44. The number of hydrogen-bond donors (Lipinski definition) is 4. The molecule has 0 aliphatic carbocycles. The average Bonchev–Trinajstić information content (AvgIpc) is 1.36. The van der Waals surface area contributed by atoms with E-state index in [0.29, 0.717) is 0 Å². The first-order valence-corrected chi connectivity index (χ1v) is 3.25. The van der Waals surface area contributed by atoms with Crippen LogP contribution in [0.3, 0.4) is 0 Å². The molecule has 0 aliphatic rings. The van der Waals surface area contributed by atoms with Gasteiger partial charge in [0.05, 0.1) is 0 Å². The number of hydrogen-bond acceptors (Lipinski definition) is 2. The first-order valence-electron chi connectivity index (χ1n) is 1.00. The van der Waals surface area contributed by atoms with Gasteiger partial charge in [0.25, 0.3) is 0 Å². The topological polar surface area (TPSA) is 104 Å². The number of nitrogens with two attached hydrogens (primary N) is 1. The van der Waals surface area contributed by atoms with E-state index >= 15 is 0 Å². The van der Waals surface area contributed by atoms with Crippen molar-refractivity contribution in [2.24, 2.45) is 4.75 Å². The first-order chi connectivity index (χ1) is 3.00. The monoisotopic (exact) mass is 169 g/mol. The standard InChI is InChI=1S/Mn.H2N.H3O4P/c;;1-5(2,3)4/h;1H2;(H3,1,2,3,4)/q+1;-1;. The van der Waals surface area contributed by atoms with Crippen molar-refractivity contribution in [2.45, 2.75) is 0 Å². The van der Waals surface area contributed by atoms with Crippen LogP contribution in [0, 0.1) is 0 Å². The van der Waals surface area contributed by atoms with Gasteiger partial charge in [-0.1, -0.05) is 0 Å². The second kappa shape index (κ2) is 4.74. The number of phosphoric acid groups is 1. The summed E-state index contributed by atoms with van der Waals surface area (Å²) in [6.07, 6.45) is 0. The zero-order chi connectivity index (χ0) is 6.50. The Morgan fingerprint density at radius 3 is 1.29 bits per heavy atom. The molecule has 5 N–H and O–H groups in total. The molecule has 0 unspecified atom stereocenters. The molecule has 0 spiro atoms. The van der Waals surface area contributed by atoms with Crippen molar-refractivity contribution in [3.05, 3.63) is 0 Å². The van der Waals surface area contributed by atoms with Crippen molar-refractivity contribution >= 4 is 7.82 Å². The van der Waals surface area contributed by atoms with E-state index in [1.807, 2.05) is 0 Å². The van der Waals surface area contributed by atoms with Crippen LogP contribution < -0.4 is 4.75 Å². The Hall–Kier alpha value is 0.589. The van der Waals surface area contributed by atoms with Gasteiger partial charge in [0.2, 0.25) is 0 Å². The first kappa shape index (κ1) is 10.5. The predicted molar refractivity (Wildman–Crippen MR) is 18.5 cm³/mol. The van der Waals surface area contributed by atoms with E-state index in [9.17, 15) is 0 Å². The molecule has 0 aliphatic heterocycles. The molecule has 0 radical (unpaired) electrons. The molecule has 5 nitrogen and oxygen atoms in total. The molecule has 46 valence electrons. The molecule has 0 atom stereocenters. The van der Waals surface area contributed by atoms with E-state index < -0.39 is 7.82 Å². The average molecular weight is 169 g/mol. The molecule has 0 saturated heterocycles. The Morgan fingerprint density at radius 1 is 1.29 bits per heavy atom. The Labute approximate surface area is 48.8 Å². The fraction of sp³-hybridized carbons (Fsp3) is 0. The Morgan fingerprint density at radius 2 is 1.29 bits per heavy atom. The van der Waals surface area contributed by atoms with E-state index in [1.54, 1.807) is 0 Å². The molecule has 0 bridgehead atoms. The number of rotatable bonds is 0. The molecule has 7 heteroatoms. The van der Waals surface area contributed by atoms with Gasteiger partial charge in [-0.15, -0.1) is 0 Å². The van der Waals surface area contributed by atoms with Crippen molar-refractivity contribution in [3.63, 3.8) is 0 Å². The fourth-order valence-corrected chi connectivity index (χ4v) is 0. The predicted octanol–water partition coefficient (Wildman–Crippen LogP) is -1.52. The van der Waals surface area contributed by atoms with E-state index in [1.165, 1.54) is 0 Å². The summed E-state index contributed by atoms with van der Waals surface area (Å²) < 4.78 is 13.2. The van der Waals surface area contributed by atoms with Gasteiger partial charge in [-0.3, -0.25) is 0 Å². The second-order valence-electron chi connectivity index (χ2n) is 0.513. The summed E-state index contributed by atoms with van der Waals surface area (Å²) in [5.41, 5.74) is 0. The SMILES string of the molecule is O=P(O)(O)O.[NH2][Mn]. The van der Waals surface area contributed by atoms with E-state index in [2.05, 4.69) is 21.0 Å². The molecule has 0 fully saturated rings. The van der Waals surface area contributed by atoms with Crippen LogP contribution >= 0.6 is 7.82 Å². The van der Waals surface area contributed by atoms with E-state index in [4.69, 9.17) is 19.2 Å². The van der Waals surface area contributed by atoms with Gasteiger partial charge < -0.3 is 14.7 Å². The normalized spacial score (nSPS) is 9.29. The second-order valence-corrected chi connectivity index (χ2v) is 1.54. The molecular formula is H5MnNO4P. The van der Waals surface area contributed by atoms with E-state index in [0.717, 1.165) is 0 Å². The zero-order valence-corrected chi connectivity index (χ0v) is 5.23. The molecule has 0 saturated carbocycles. The van der Waals surface area contributed by atoms with Crippen molar-refractivity contribution in [3.8, 4) is 0 Å². The maximum absolute atomic E-state index is 8.88. The quantitative estimate of drug-likeness (QED) is 0.260. The minimum atomic E-state index is -4.64. The molecule has 0 aromatic carbocycles. The van der Waals surface area contributed by atoms with Gasteiger partial charge in [0.1, 0.15) is 0 Å². The van der Waals surface area contributed by atoms with Crippen LogP contribution in [0.25, 0.3) is 0 Å². The van der Waals surface area contributed by atoms with Gasteiger partial charge in [0.15, 0.2) is 0 Å². The Balaban J connectivity index is 0. The summed E-state index contributed by atoms with van der Waals surface area (Å²) in [5.74, 6) is 0. The molecule has 0 heterocycles. The Kier molecular flexibility index (Phi) is 7.14. The van der Waals surface area contributed by atoms with Crippen LogP contribution in [0.5, 0.6) is 0 Å². The molecule has 0 aromatic heterocycles. The molecular weight excluding hydrogens is 164 g/mol. The van der Waals surface area contributed by atoms with Gasteiger partial charge in [-0.25, -0.2) is 4.57 Å². The molecule has 7 heavy (non-hydrogen) atoms. The van der Waals surface area contributed by atoms with Crippen molar-refractivity contribution in [1.29, 1.82) is 0 Å². The summed E-state index contributed by atoms with van der Waals surface area (Å²) in [5, 5.41) is 0. The van der Waals surface area contributed by atoms with Gasteiger partial charge in [0, 0.05) is 0 Å². The van der Waals surface area contributed by atoms with Crippen LogP contribution in [0.2, 0.25) is 0 Å². The third-order valence-corrected chi connectivity index (χ3v) is 0. The fourth-order valence-electron chi connectivity index (χ4n) is 0. The van der Waals surface area contributed by atoms with Crippen molar-refractivity contribution in [1.82, 2.24) is 0 Å². The molecule has 0 rings (SSSR count). The third kappa shape index (κ3) is 399. The maximum atomic E-state index is 8.88. The van der Waals surface area contributed by atoms with Crippen LogP contribution in [0.4, 0.5) is 0 Å². The summed E-state index contributed by atoms with van der Waals surface area (Å²) in [4.78, 5) is 21.6. The Bertz CT molecular complexity index is 57.8. The van der Waals surface area contributed by atoms with Gasteiger partial charge >= 0.3 is 28.8 Å². The molecule has 0 aromatic rings. The van der Waals surface area contributed by atoms with Crippen LogP contribution in [0.15, 0.2) is 0 Å². The summed E-state index contributed by atoms with van der Waals surface area (Å²) in [6, 6.07) is 0. The van der Waals surface area contributed by atoms with Crippen molar-refractivity contribution in [2.75, 3.05) is 0 Å². The summed E-state index contributed by atoms with van der Waals surface area (Å²) in [7, 11) is -4.64. The molecule has 0 amide bonds. The van der Waals surface area contributed by atoms with Crippen LogP contribution in [-0.4, -0.2) is 14.7 Å². The van der Waals surface area contributed by atoms with Crippen LogP contribution in [0.1, 0.15) is 0 Å². The summed E-state index contributed by atoms with van der Waals surface area (Å²) in [6.45, 7) is 0. The van der Waals surface area contributed by atoms with Crippen LogP contribution in [-0.2, 0) is 20.8 Å². The van der Waals surface area contributed by atoms with Crippen molar-refractivity contribution < 1.29 is 35.5 Å². The third-order valence-electron chi connectivity index (χ3n) is 0. The van der Waals surface area contributed by atoms with E-state index in [-0.39, 0.29) is 0 Å². The van der Waals surface area contributed by atoms with Gasteiger partial charge in [-0.05, 0) is 0 Å².